The molecular formula is C27H42O5. The molecule has 3 saturated carbocycles. The topological polar surface area (TPSA) is 72.8 Å². The van der Waals surface area contributed by atoms with Gasteiger partial charge < -0.3 is 14.6 Å². The van der Waals surface area contributed by atoms with Gasteiger partial charge in [-0.15, -0.1) is 0 Å². The predicted octanol–water partition coefficient (Wildman–Crippen LogP) is 5.06. The van der Waals surface area contributed by atoms with Crippen molar-refractivity contribution in [1.29, 1.82) is 0 Å². The van der Waals surface area contributed by atoms with Crippen LogP contribution in [0, 0.1) is 40.4 Å². The molecule has 0 spiro atoms. The summed E-state index contributed by atoms with van der Waals surface area (Å²) < 4.78 is 10.4. The lowest BCUT2D eigenvalue weighted by molar-refractivity contribution is -0.151. The van der Waals surface area contributed by atoms with Crippen LogP contribution in [0.25, 0.3) is 0 Å². The summed E-state index contributed by atoms with van der Waals surface area (Å²) in [6.45, 7) is 8.48. The number of allylic oxidation sites excluding steroid dienone is 1. The molecule has 3 unspecified atom stereocenters. The predicted molar refractivity (Wildman–Crippen MR) is 123 cm³/mol. The Morgan fingerprint density at radius 2 is 1.94 bits per heavy atom. The van der Waals surface area contributed by atoms with E-state index >= 15 is 0 Å². The van der Waals surface area contributed by atoms with E-state index in [0.29, 0.717) is 36.0 Å². The number of fused-ring (bicyclic) bond motifs is 5. The molecule has 5 nitrogen and oxygen atoms in total. The summed E-state index contributed by atoms with van der Waals surface area (Å²) in [6, 6.07) is 0. The van der Waals surface area contributed by atoms with Crippen molar-refractivity contribution in [2.75, 3.05) is 7.11 Å². The standard InChI is InChI=1S/C27H42O5/c1-16(6-11-25(30)31-5)21-9-10-22-20-8-7-18-14-19(32-17(2)28)12-13-26(18,3)23(20)15-24(29)27(21,22)4/h15-16,18-22,24,29H,6-14H2,1-5H3/t16-,18-,19-,20?,21-,22?,24?,26+,27-/m1/s1. The van der Waals surface area contributed by atoms with Gasteiger partial charge in [-0.1, -0.05) is 32.4 Å². The smallest absolute Gasteiger partial charge is 0.305 e. The average Bonchev–Trinajstić information content (AvgIpc) is 3.11. The second-order valence-corrected chi connectivity index (χ2v) is 11.6. The molecule has 0 aromatic rings. The van der Waals surface area contributed by atoms with Gasteiger partial charge in [-0.25, -0.2) is 0 Å². The first-order valence-corrected chi connectivity index (χ1v) is 12.8. The molecule has 180 valence electrons. The Hall–Kier alpha value is -1.36. The average molecular weight is 447 g/mol. The minimum absolute atomic E-state index is 0.0491. The van der Waals surface area contributed by atoms with Crippen molar-refractivity contribution in [3.8, 4) is 0 Å². The lowest BCUT2D eigenvalue weighted by atomic mass is 9.47. The quantitative estimate of drug-likeness (QED) is 0.472. The fourth-order valence-corrected chi connectivity index (χ4v) is 8.44. The molecule has 0 bridgehead atoms. The molecule has 1 N–H and O–H groups in total. The van der Waals surface area contributed by atoms with Crippen LogP contribution in [0.5, 0.6) is 0 Å². The SMILES string of the molecule is COC(=O)CC[C@@H](C)[C@H]1CCC2C3CC[C@@H]4C[C@H](OC(C)=O)CC[C@]4(C)C3=CC(O)[C@@]21C. The van der Waals surface area contributed by atoms with Crippen LogP contribution in [0.2, 0.25) is 0 Å². The Balaban J connectivity index is 1.55. The molecule has 0 saturated heterocycles. The molecule has 4 aliphatic rings. The van der Waals surface area contributed by atoms with Crippen molar-refractivity contribution < 1.29 is 24.2 Å². The van der Waals surface area contributed by atoms with E-state index in [0.717, 1.165) is 32.1 Å². The highest BCUT2D eigenvalue weighted by atomic mass is 16.5. The zero-order chi connectivity index (χ0) is 23.3. The first-order valence-electron chi connectivity index (χ1n) is 12.8. The number of rotatable bonds is 5. The van der Waals surface area contributed by atoms with Crippen LogP contribution in [0.4, 0.5) is 0 Å². The van der Waals surface area contributed by atoms with Gasteiger partial charge in [0.2, 0.25) is 0 Å². The number of ether oxygens (including phenoxy) is 2. The first-order chi connectivity index (χ1) is 15.1. The second-order valence-electron chi connectivity index (χ2n) is 11.6. The molecule has 0 aromatic heterocycles. The number of aliphatic hydroxyl groups is 1. The second kappa shape index (κ2) is 8.77. The molecule has 0 aromatic carbocycles. The first kappa shape index (κ1) is 23.8. The summed E-state index contributed by atoms with van der Waals surface area (Å²) in [5, 5.41) is 11.6. The monoisotopic (exact) mass is 446 g/mol. The summed E-state index contributed by atoms with van der Waals surface area (Å²) in [4.78, 5) is 23.2. The van der Waals surface area contributed by atoms with Crippen molar-refractivity contribution in [1.82, 2.24) is 0 Å². The van der Waals surface area contributed by atoms with Gasteiger partial charge in [-0.2, -0.15) is 0 Å². The fraction of sp³-hybridized carbons (Fsp3) is 0.852. The highest BCUT2D eigenvalue weighted by molar-refractivity contribution is 5.69. The molecule has 4 rings (SSSR count). The van der Waals surface area contributed by atoms with Gasteiger partial charge in [0, 0.05) is 18.8 Å². The zero-order valence-corrected chi connectivity index (χ0v) is 20.6. The number of esters is 2. The van der Waals surface area contributed by atoms with Gasteiger partial charge in [0.15, 0.2) is 0 Å². The van der Waals surface area contributed by atoms with E-state index in [2.05, 4.69) is 26.8 Å². The lowest BCUT2D eigenvalue weighted by Crippen LogP contribution is -2.53. The molecule has 4 aliphatic carbocycles. The number of hydrogen-bond donors (Lipinski definition) is 1. The van der Waals surface area contributed by atoms with Gasteiger partial charge in [0.1, 0.15) is 6.10 Å². The van der Waals surface area contributed by atoms with Crippen LogP contribution >= 0.6 is 0 Å². The maximum Gasteiger partial charge on any atom is 0.305 e. The Morgan fingerprint density at radius 3 is 2.62 bits per heavy atom. The van der Waals surface area contributed by atoms with E-state index in [1.165, 1.54) is 38.9 Å². The third-order valence-electron chi connectivity index (χ3n) is 10.2. The number of carbonyl (C=O) groups excluding carboxylic acids is 2. The van der Waals surface area contributed by atoms with Crippen molar-refractivity contribution in [2.45, 2.75) is 97.7 Å². The third-order valence-corrected chi connectivity index (χ3v) is 10.2. The minimum atomic E-state index is -0.436. The molecule has 0 aliphatic heterocycles. The minimum Gasteiger partial charge on any atom is -0.469 e. The van der Waals surface area contributed by atoms with E-state index < -0.39 is 6.10 Å². The molecule has 0 amide bonds. The molecule has 3 fully saturated rings. The lowest BCUT2D eigenvalue weighted by Gasteiger charge is -2.58. The number of methoxy groups -OCH3 is 1. The fourth-order valence-electron chi connectivity index (χ4n) is 8.44. The van der Waals surface area contributed by atoms with Gasteiger partial charge in [0.25, 0.3) is 0 Å². The van der Waals surface area contributed by atoms with Crippen molar-refractivity contribution >= 4 is 11.9 Å². The van der Waals surface area contributed by atoms with Crippen LogP contribution < -0.4 is 0 Å². The van der Waals surface area contributed by atoms with Gasteiger partial charge >= 0.3 is 11.9 Å². The van der Waals surface area contributed by atoms with Crippen LogP contribution in [0.3, 0.4) is 0 Å². The zero-order valence-electron chi connectivity index (χ0n) is 20.6. The largest absolute Gasteiger partial charge is 0.469 e. The molecule has 5 heteroatoms. The summed E-state index contributed by atoms with van der Waals surface area (Å²) >= 11 is 0. The number of aliphatic hydroxyl groups excluding tert-OH is 1. The normalized spacial score (nSPS) is 43.9. The van der Waals surface area contributed by atoms with Crippen LogP contribution in [0.15, 0.2) is 11.6 Å². The van der Waals surface area contributed by atoms with Crippen molar-refractivity contribution in [2.24, 2.45) is 40.4 Å². The van der Waals surface area contributed by atoms with E-state index in [1.807, 2.05) is 0 Å². The highest BCUT2D eigenvalue weighted by Crippen LogP contribution is 2.66. The number of hydrogen-bond acceptors (Lipinski definition) is 5. The van der Waals surface area contributed by atoms with Crippen molar-refractivity contribution in [3.05, 3.63) is 11.6 Å². The molecule has 32 heavy (non-hydrogen) atoms. The summed E-state index contributed by atoms with van der Waals surface area (Å²) in [7, 11) is 1.45. The van der Waals surface area contributed by atoms with E-state index in [-0.39, 0.29) is 28.9 Å². The van der Waals surface area contributed by atoms with Crippen LogP contribution in [-0.2, 0) is 19.1 Å². The molecular weight excluding hydrogens is 404 g/mol. The molecule has 9 atom stereocenters. The maximum absolute atomic E-state index is 11.7. The Kier molecular flexibility index (Phi) is 6.52. The van der Waals surface area contributed by atoms with E-state index in [1.54, 1.807) is 0 Å². The van der Waals surface area contributed by atoms with Gasteiger partial charge in [0.05, 0.1) is 13.2 Å². The van der Waals surface area contributed by atoms with Crippen LogP contribution in [-0.4, -0.2) is 36.4 Å². The van der Waals surface area contributed by atoms with E-state index in [4.69, 9.17) is 9.47 Å². The third kappa shape index (κ3) is 3.82. The summed E-state index contributed by atoms with van der Waals surface area (Å²) in [5.41, 5.74) is 1.48. The molecule has 0 radical (unpaired) electrons. The number of carbonyl (C=O) groups is 2. The van der Waals surface area contributed by atoms with Gasteiger partial charge in [-0.05, 0) is 86.4 Å². The van der Waals surface area contributed by atoms with Crippen molar-refractivity contribution in [3.63, 3.8) is 0 Å². The Labute approximate surface area is 193 Å². The van der Waals surface area contributed by atoms with Gasteiger partial charge in [-0.3, -0.25) is 9.59 Å². The van der Waals surface area contributed by atoms with E-state index in [9.17, 15) is 14.7 Å². The molecule has 0 heterocycles. The Morgan fingerprint density at radius 1 is 1.19 bits per heavy atom. The summed E-state index contributed by atoms with van der Waals surface area (Å²) in [6.07, 6.45) is 10.7. The Bertz CT molecular complexity index is 774. The summed E-state index contributed by atoms with van der Waals surface area (Å²) in [5.74, 6) is 2.08. The maximum atomic E-state index is 11.7. The highest BCUT2D eigenvalue weighted by Gasteiger charge is 2.60. The van der Waals surface area contributed by atoms with Crippen LogP contribution in [0.1, 0.15) is 85.5 Å².